The average Bonchev–Trinajstić information content (AvgIpc) is 3.66. The predicted octanol–water partition coefficient (Wildman–Crippen LogP) is 4.63. The van der Waals surface area contributed by atoms with Crippen molar-refractivity contribution >= 4 is 17.3 Å². The van der Waals surface area contributed by atoms with Crippen molar-refractivity contribution in [2.75, 3.05) is 39.3 Å². The van der Waals surface area contributed by atoms with Crippen LogP contribution in [0.4, 0.5) is 0 Å². The zero-order valence-electron chi connectivity index (χ0n) is 23.6. The lowest BCUT2D eigenvalue weighted by Crippen LogP contribution is -2.35. The SMILES string of the molecule is CCc1cc(-c2noc(-c3cc(C)c(CN(CC)CC)s3)n2)cc(C)c1OCC(O)CN1CCC(C(=O)O)C1. The van der Waals surface area contributed by atoms with Gasteiger partial charge in [0.05, 0.1) is 10.8 Å². The highest BCUT2D eigenvalue weighted by Crippen LogP contribution is 2.34. The fourth-order valence-corrected chi connectivity index (χ4v) is 6.19. The maximum absolute atomic E-state index is 11.2. The Kier molecular flexibility index (Phi) is 9.76. The summed E-state index contributed by atoms with van der Waals surface area (Å²) in [6, 6.07) is 6.13. The van der Waals surface area contributed by atoms with E-state index in [1.54, 1.807) is 11.3 Å². The Morgan fingerprint density at radius 1 is 1.23 bits per heavy atom. The summed E-state index contributed by atoms with van der Waals surface area (Å²) in [6.45, 7) is 15.1. The Hall–Kier alpha value is -2.79. The Bertz CT molecular complexity index is 1270. The number of aromatic nitrogens is 2. The van der Waals surface area contributed by atoms with E-state index in [-0.39, 0.29) is 12.5 Å². The summed E-state index contributed by atoms with van der Waals surface area (Å²) in [4.78, 5) is 22.6. The molecule has 1 aliphatic rings. The lowest BCUT2D eigenvalue weighted by atomic mass is 10.0. The molecule has 1 aliphatic heterocycles. The van der Waals surface area contributed by atoms with Gasteiger partial charge in [-0.05, 0) is 81.2 Å². The van der Waals surface area contributed by atoms with Gasteiger partial charge in [-0.25, -0.2) is 0 Å². The van der Waals surface area contributed by atoms with Gasteiger partial charge < -0.3 is 19.5 Å². The van der Waals surface area contributed by atoms with Crippen molar-refractivity contribution < 1.29 is 24.3 Å². The summed E-state index contributed by atoms with van der Waals surface area (Å²) in [5.74, 6) is 0.682. The second kappa shape index (κ2) is 13.0. The number of carbonyl (C=O) groups is 1. The molecule has 0 aliphatic carbocycles. The third-order valence-corrected chi connectivity index (χ3v) is 8.63. The number of aliphatic hydroxyl groups is 1. The van der Waals surface area contributed by atoms with Crippen molar-refractivity contribution in [1.29, 1.82) is 0 Å². The molecule has 39 heavy (non-hydrogen) atoms. The topological polar surface area (TPSA) is 112 Å². The molecule has 212 valence electrons. The van der Waals surface area contributed by atoms with Crippen molar-refractivity contribution in [3.63, 3.8) is 0 Å². The van der Waals surface area contributed by atoms with E-state index >= 15 is 0 Å². The largest absolute Gasteiger partial charge is 0.490 e. The van der Waals surface area contributed by atoms with E-state index in [2.05, 4.69) is 43.8 Å². The number of β-amino-alcohol motifs (C(OH)–C–C–N with tert-alkyl or cyclic N) is 1. The number of aliphatic hydroxyl groups excluding tert-OH is 1. The fraction of sp³-hybridized carbons (Fsp3) is 0.552. The molecular weight excluding hydrogens is 516 g/mol. The van der Waals surface area contributed by atoms with Crippen LogP contribution in [0.15, 0.2) is 22.7 Å². The number of hydrogen-bond acceptors (Lipinski definition) is 9. The first-order valence-corrected chi connectivity index (χ1v) is 14.6. The van der Waals surface area contributed by atoms with Crippen LogP contribution in [0.3, 0.4) is 0 Å². The standard InChI is InChI=1S/C29H40N4O5S/c1-6-20-13-22(11-19(5)26(20)37-17-23(34)15-33-10-9-21(14-33)29(35)36)27-30-28(38-31-27)24-12-18(4)25(39-24)16-32(7-2)8-3/h11-13,21,23,34H,6-10,14-17H2,1-5H3,(H,35,36). The van der Waals surface area contributed by atoms with Crippen LogP contribution >= 0.6 is 11.3 Å². The zero-order valence-corrected chi connectivity index (χ0v) is 24.4. The molecule has 10 heteroatoms. The van der Waals surface area contributed by atoms with Crippen molar-refractivity contribution in [1.82, 2.24) is 19.9 Å². The molecule has 0 bridgehead atoms. The molecule has 0 amide bonds. The highest BCUT2D eigenvalue weighted by molar-refractivity contribution is 7.15. The minimum absolute atomic E-state index is 0.140. The van der Waals surface area contributed by atoms with E-state index < -0.39 is 12.1 Å². The summed E-state index contributed by atoms with van der Waals surface area (Å²) in [5, 5.41) is 24.0. The lowest BCUT2D eigenvalue weighted by Gasteiger charge is -2.21. The van der Waals surface area contributed by atoms with Crippen LogP contribution in [0, 0.1) is 19.8 Å². The monoisotopic (exact) mass is 556 g/mol. The van der Waals surface area contributed by atoms with Gasteiger partial charge in [0, 0.05) is 30.1 Å². The molecular formula is C29H40N4O5S. The van der Waals surface area contributed by atoms with E-state index in [4.69, 9.17) is 14.2 Å². The number of likely N-dealkylation sites (tertiary alicyclic amines) is 1. The third-order valence-electron chi connectivity index (χ3n) is 7.42. The summed E-state index contributed by atoms with van der Waals surface area (Å²) in [5.41, 5.74) is 4.04. The number of benzene rings is 1. The molecule has 0 radical (unpaired) electrons. The van der Waals surface area contributed by atoms with Gasteiger partial charge in [0.25, 0.3) is 5.89 Å². The third kappa shape index (κ3) is 7.05. The van der Waals surface area contributed by atoms with Crippen LogP contribution in [0.25, 0.3) is 22.2 Å². The summed E-state index contributed by atoms with van der Waals surface area (Å²) >= 11 is 1.70. The highest BCUT2D eigenvalue weighted by atomic mass is 32.1. The molecule has 1 aromatic carbocycles. The van der Waals surface area contributed by atoms with E-state index in [0.29, 0.717) is 37.8 Å². The molecule has 0 spiro atoms. The number of rotatable bonds is 13. The maximum atomic E-state index is 11.2. The molecule has 0 saturated carbocycles. The number of aliphatic carboxylic acids is 1. The summed E-state index contributed by atoms with van der Waals surface area (Å²) < 4.78 is 11.7. The molecule has 1 saturated heterocycles. The predicted molar refractivity (Wildman–Crippen MR) is 152 cm³/mol. The van der Waals surface area contributed by atoms with Gasteiger partial charge in [-0.1, -0.05) is 25.9 Å². The molecule has 1 fully saturated rings. The Morgan fingerprint density at radius 3 is 2.67 bits per heavy atom. The maximum Gasteiger partial charge on any atom is 0.307 e. The summed E-state index contributed by atoms with van der Waals surface area (Å²) in [7, 11) is 0. The molecule has 2 N–H and O–H groups in total. The number of thiophene rings is 1. The Balaban J connectivity index is 1.43. The first-order valence-electron chi connectivity index (χ1n) is 13.8. The molecule has 4 rings (SSSR count). The van der Waals surface area contributed by atoms with Crippen LogP contribution in [0.2, 0.25) is 0 Å². The number of hydrogen-bond donors (Lipinski definition) is 2. The minimum atomic E-state index is -0.772. The number of carboxylic acid groups (broad SMARTS) is 1. The van der Waals surface area contributed by atoms with Crippen LogP contribution in [-0.2, 0) is 17.8 Å². The van der Waals surface area contributed by atoms with Crippen LogP contribution in [0.5, 0.6) is 5.75 Å². The second-order valence-corrected chi connectivity index (χ2v) is 11.4. The van der Waals surface area contributed by atoms with E-state index in [1.807, 2.05) is 24.0 Å². The molecule has 2 atom stereocenters. The first-order chi connectivity index (χ1) is 18.7. The van der Waals surface area contributed by atoms with Crippen LogP contribution < -0.4 is 4.74 Å². The van der Waals surface area contributed by atoms with Gasteiger partial charge in [0.2, 0.25) is 5.82 Å². The highest BCUT2D eigenvalue weighted by Gasteiger charge is 2.29. The second-order valence-electron chi connectivity index (χ2n) is 10.3. The number of ether oxygens (including phenoxy) is 1. The van der Waals surface area contributed by atoms with Crippen molar-refractivity contribution in [2.45, 2.75) is 60.1 Å². The van der Waals surface area contributed by atoms with Gasteiger partial charge >= 0.3 is 5.97 Å². The fourth-order valence-electron chi connectivity index (χ4n) is 5.05. The van der Waals surface area contributed by atoms with Gasteiger partial charge in [-0.15, -0.1) is 11.3 Å². The number of carboxylic acids is 1. The Labute approximate surface area is 234 Å². The summed E-state index contributed by atoms with van der Waals surface area (Å²) in [6.07, 6.45) is 0.655. The Morgan fingerprint density at radius 2 is 2.00 bits per heavy atom. The van der Waals surface area contributed by atoms with Crippen molar-refractivity contribution in [3.05, 3.63) is 39.8 Å². The molecule has 3 aromatic rings. The first kappa shape index (κ1) is 29.2. The van der Waals surface area contributed by atoms with Crippen molar-refractivity contribution in [2.24, 2.45) is 5.92 Å². The van der Waals surface area contributed by atoms with Gasteiger partial charge in [-0.3, -0.25) is 14.6 Å². The van der Waals surface area contributed by atoms with E-state index in [1.165, 1.54) is 10.4 Å². The smallest absolute Gasteiger partial charge is 0.307 e. The minimum Gasteiger partial charge on any atom is -0.490 e. The number of aryl methyl sites for hydroxylation is 3. The number of nitrogens with zero attached hydrogens (tertiary/aromatic N) is 4. The molecule has 3 heterocycles. The molecule has 2 unspecified atom stereocenters. The normalized spacial score (nSPS) is 16.7. The van der Waals surface area contributed by atoms with Crippen LogP contribution in [0.1, 0.15) is 48.8 Å². The van der Waals surface area contributed by atoms with Crippen molar-refractivity contribution in [3.8, 4) is 27.9 Å². The molecule has 9 nitrogen and oxygen atoms in total. The van der Waals surface area contributed by atoms with Gasteiger partial charge in [-0.2, -0.15) is 4.98 Å². The average molecular weight is 557 g/mol. The van der Waals surface area contributed by atoms with E-state index in [9.17, 15) is 15.0 Å². The van der Waals surface area contributed by atoms with E-state index in [0.717, 1.165) is 53.4 Å². The zero-order chi connectivity index (χ0) is 28.1. The molecule has 2 aromatic heterocycles. The lowest BCUT2D eigenvalue weighted by molar-refractivity contribution is -0.141. The quantitative estimate of drug-likeness (QED) is 0.311. The van der Waals surface area contributed by atoms with Gasteiger partial charge in [0.15, 0.2) is 0 Å². The van der Waals surface area contributed by atoms with Gasteiger partial charge in [0.1, 0.15) is 18.5 Å². The van der Waals surface area contributed by atoms with Crippen LogP contribution in [-0.4, -0.2) is 81.6 Å².